The largest absolute Gasteiger partial charge is 0.368 e. The van der Waals surface area contributed by atoms with E-state index in [1.807, 2.05) is 12.1 Å². The van der Waals surface area contributed by atoms with Crippen LogP contribution in [0.15, 0.2) is 23.5 Å². The lowest BCUT2D eigenvalue weighted by Gasteiger charge is -2.23. The summed E-state index contributed by atoms with van der Waals surface area (Å²) in [5.41, 5.74) is 0.870. The molecule has 2 aromatic rings. The lowest BCUT2D eigenvalue weighted by atomic mass is 10.1. The lowest BCUT2D eigenvalue weighted by molar-refractivity contribution is 0.277. The number of nitrogens with one attached hydrogen (secondary N) is 1. The normalized spacial score (nSPS) is 19.6. The fraction of sp³-hybridized carbons (Fsp3) is 0.421. The Balaban J connectivity index is 1.98. The fourth-order valence-corrected chi connectivity index (χ4v) is 3.42. The Morgan fingerprint density at radius 1 is 1.50 bits per heavy atom. The molecule has 1 atom stereocenters. The molecular weight excluding hydrogens is 298 g/mol. The molecule has 0 bridgehead atoms. The summed E-state index contributed by atoms with van der Waals surface area (Å²) in [7, 11) is 1.77. The van der Waals surface area contributed by atoms with Crippen LogP contribution in [-0.2, 0) is 0 Å². The predicted octanol–water partition coefficient (Wildman–Crippen LogP) is 1.42. The van der Waals surface area contributed by atoms with Gasteiger partial charge in [0.25, 0.3) is 0 Å². The number of fused-ring (bicyclic) bond motifs is 1. The van der Waals surface area contributed by atoms with Crippen LogP contribution in [0.25, 0.3) is 23.6 Å². The molecule has 1 unspecified atom stereocenters. The van der Waals surface area contributed by atoms with Gasteiger partial charge >= 0.3 is 0 Å². The summed E-state index contributed by atoms with van der Waals surface area (Å²) in [6, 6.07) is 2.53. The molecule has 1 fully saturated rings. The van der Waals surface area contributed by atoms with Crippen LogP contribution in [0.1, 0.15) is 19.8 Å². The molecule has 1 saturated heterocycles. The average molecular weight is 323 g/mol. The van der Waals surface area contributed by atoms with Crippen molar-refractivity contribution in [2.24, 2.45) is 4.99 Å². The third-order valence-corrected chi connectivity index (χ3v) is 4.74. The Hall–Kier alpha value is -2.27. The van der Waals surface area contributed by atoms with Crippen LogP contribution in [0.5, 0.6) is 0 Å². The topological polar surface area (TPSA) is 53.4 Å². The van der Waals surface area contributed by atoms with E-state index in [0.29, 0.717) is 6.04 Å². The van der Waals surface area contributed by atoms with E-state index < -0.39 is 0 Å². The van der Waals surface area contributed by atoms with Crippen molar-refractivity contribution in [3.63, 3.8) is 0 Å². The summed E-state index contributed by atoms with van der Waals surface area (Å²) in [5, 5.41) is 6.54. The van der Waals surface area contributed by atoms with Gasteiger partial charge in [-0.25, -0.2) is 4.98 Å². The van der Waals surface area contributed by atoms with Crippen molar-refractivity contribution >= 4 is 35.6 Å². The van der Waals surface area contributed by atoms with Crippen LogP contribution in [0.4, 0.5) is 5.82 Å². The molecule has 1 N–H and O–H groups in total. The van der Waals surface area contributed by atoms with E-state index >= 15 is 0 Å². The quantitative estimate of drug-likeness (QED) is 0.846. The minimum Gasteiger partial charge on any atom is -0.368 e. The van der Waals surface area contributed by atoms with Gasteiger partial charge < -0.3 is 5.32 Å². The van der Waals surface area contributed by atoms with Crippen LogP contribution in [0.3, 0.4) is 0 Å². The highest BCUT2D eigenvalue weighted by Crippen LogP contribution is 2.16. The maximum absolute atomic E-state index is 4.78. The molecule has 0 amide bonds. The lowest BCUT2D eigenvalue weighted by Crippen LogP contribution is -2.37. The van der Waals surface area contributed by atoms with E-state index in [1.54, 1.807) is 25.7 Å². The molecular formula is C19H25N5. The molecule has 1 aliphatic heterocycles. The first kappa shape index (κ1) is 16.6. The minimum absolute atomic E-state index is 0.572. The number of hydrogen-bond acceptors (Lipinski definition) is 5. The summed E-state index contributed by atoms with van der Waals surface area (Å²) in [6.45, 7) is 9.68. The molecule has 5 nitrogen and oxygen atoms in total. The molecule has 5 heteroatoms. The van der Waals surface area contributed by atoms with Gasteiger partial charge in [0.1, 0.15) is 5.82 Å². The number of anilines is 1. The Labute approximate surface area is 142 Å². The Kier molecular flexibility index (Phi) is 5.20. The minimum atomic E-state index is 0.572. The zero-order valence-electron chi connectivity index (χ0n) is 14.5. The third kappa shape index (κ3) is 3.31. The first-order chi connectivity index (χ1) is 11.7. The van der Waals surface area contributed by atoms with Crippen LogP contribution in [-0.4, -0.2) is 53.8 Å². The summed E-state index contributed by atoms with van der Waals surface area (Å²) in [5.74, 6) is 0.864. The zero-order valence-corrected chi connectivity index (χ0v) is 14.5. The molecule has 3 heterocycles. The van der Waals surface area contributed by atoms with Crippen molar-refractivity contribution in [1.29, 1.82) is 0 Å². The molecule has 3 rings (SSSR count). The van der Waals surface area contributed by atoms with Crippen molar-refractivity contribution in [2.45, 2.75) is 25.8 Å². The van der Waals surface area contributed by atoms with Gasteiger partial charge in [0.05, 0.1) is 11.7 Å². The van der Waals surface area contributed by atoms with Crippen LogP contribution in [0.2, 0.25) is 0 Å². The van der Waals surface area contributed by atoms with Crippen LogP contribution < -0.4 is 15.8 Å². The first-order valence-corrected chi connectivity index (χ1v) is 8.57. The van der Waals surface area contributed by atoms with Gasteiger partial charge in [-0.05, 0) is 43.3 Å². The van der Waals surface area contributed by atoms with Crippen molar-refractivity contribution in [1.82, 2.24) is 14.9 Å². The molecule has 126 valence electrons. The predicted molar refractivity (Wildman–Crippen MR) is 102 cm³/mol. The fourth-order valence-electron chi connectivity index (χ4n) is 3.42. The molecule has 0 aromatic carbocycles. The monoisotopic (exact) mass is 323 g/mol. The van der Waals surface area contributed by atoms with Crippen molar-refractivity contribution in [2.75, 3.05) is 32.0 Å². The van der Waals surface area contributed by atoms with Gasteiger partial charge in [0, 0.05) is 42.7 Å². The van der Waals surface area contributed by atoms with Gasteiger partial charge in [-0.3, -0.25) is 14.9 Å². The maximum Gasteiger partial charge on any atom is 0.134 e. The zero-order chi connectivity index (χ0) is 16.9. The van der Waals surface area contributed by atoms with E-state index in [1.165, 1.54) is 19.4 Å². The van der Waals surface area contributed by atoms with E-state index in [2.05, 4.69) is 33.7 Å². The molecule has 0 aliphatic carbocycles. The smallest absolute Gasteiger partial charge is 0.134 e. The van der Waals surface area contributed by atoms with E-state index in [9.17, 15) is 0 Å². The highest BCUT2D eigenvalue weighted by molar-refractivity contribution is 5.93. The number of aromatic nitrogens is 2. The number of rotatable bonds is 5. The number of hydrogen-bond donors (Lipinski definition) is 1. The third-order valence-electron chi connectivity index (χ3n) is 4.74. The van der Waals surface area contributed by atoms with Crippen molar-refractivity contribution in [3.8, 4) is 0 Å². The molecule has 1 aliphatic rings. The molecule has 0 spiro atoms. The van der Waals surface area contributed by atoms with Gasteiger partial charge in [-0.15, -0.1) is 0 Å². The van der Waals surface area contributed by atoms with Crippen molar-refractivity contribution in [3.05, 3.63) is 28.9 Å². The second-order valence-corrected chi connectivity index (χ2v) is 6.12. The maximum atomic E-state index is 4.78. The van der Waals surface area contributed by atoms with E-state index in [4.69, 9.17) is 4.98 Å². The number of likely N-dealkylation sites (tertiary alicyclic amines) is 1. The standard InChI is InChI=1S/C19H25N5/c1-4-24-11-5-6-15(24)12-22-19-17(7-9-20-3)14(2)16-8-10-21-13-18(16)23-19/h7-10,13,15H,2,4-6,11-12H2,1,3H3,(H,22,23)/b17-7+,20-9?. The van der Waals surface area contributed by atoms with Gasteiger partial charge in [0.15, 0.2) is 0 Å². The van der Waals surface area contributed by atoms with Crippen molar-refractivity contribution < 1.29 is 0 Å². The Morgan fingerprint density at radius 2 is 2.38 bits per heavy atom. The van der Waals surface area contributed by atoms with Gasteiger partial charge in [0.2, 0.25) is 0 Å². The molecule has 0 radical (unpaired) electrons. The van der Waals surface area contributed by atoms with E-state index in [-0.39, 0.29) is 0 Å². The molecule has 0 saturated carbocycles. The Morgan fingerprint density at radius 3 is 3.17 bits per heavy atom. The second kappa shape index (κ2) is 7.53. The number of nitrogens with zero attached hydrogens (tertiary/aromatic N) is 4. The molecule has 2 aromatic heterocycles. The number of pyridine rings is 2. The summed E-state index contributed by atoms with van der Waals surface area (Å²) >= 11 is 0. The van der Waals surface area contributed by atoms with Crippen LogP contribution in [0, 0.1) is 0 Å². The number of aliphatic imine (C=N–C) groups is 1. The Bertz CT molecular complexity index is 843. The highest BCUT2D eigenvalue weighted by atomic mass is 15.2. The SMILES string of the molecule is C=c1/c(=C\C=NC)c(NCC2CCCN2CC)nc2cnccc12. The van der Waals surface area contributed by atoms with Crippen LogP contribution >= 0.6 is 0 Å². The summed E-state index contributed by atoms with van der Waals surface area (Å²) in [6.07, 6.45) is 9.85. The first-order valence-electron chi connectivity index (χ1n) is 8.57. The van der Waals surface area contributed by atoms with Gasteiger partial charge in [-0.1, -0.05) is 13.5 Å². The number of likely N-dealkylation sites (N-methyl/N-ethyl adjacent to an activating group) is 1. The average Bonchev–Trinajstić information content (AvgIpc) is 3.07. The second-order valence-electron chi connectivity index (χ2n) is 6.12. The van der Waals surface area contributed by atoms with Gasteiger partial charge in [-0.2, -0.15) is 0 Å². The summed E-state index contributed by atoms with van der Waals surface area (Å²) in [4.78, 5) is 15.6. The van der Waals surface area contributed by atoms with E-state index in [0.717, 1.165) is 40.2 Å². The molecule has 24 heavy (non-hydrogen) atoms. The highest BCUT2D eigenvalue weighted by Gasteiger charge is 2.22. The summed E-state index contributed by atoms with van der Waals surface area (Å²) < 4.78 is 0.